The molecule has 1 aromatic heterocycles. The van der Waals surface area contributed by atoms with Crippen LogP contribution in [0.15, 0.2) is 22.8 Å². The molecular formula is C9H11BrN2O2. The molecule has 0 radical (unpaired) electrons. The van der Waals surface area contributed by atoms with Gasteiger partial charge in [0, 0.05) is 23.7 Å². The monoisotopic (exact) mass is 258 g/mol. The molecule has 0 aliphatic rings. The molecule has 1 heterocycles. The predicted octanol–water partition coefficient (Wildman–Crippen LogP) is 1.36. The summed E-state index contributed by atoms with van der Waals surface area (Å²) in [6.45, 7) is 2.39. The summed E-state index contributed by atoms with van der Waals surface area (Å²) in [7, 11) is 0. The van der Waals surface area contributed by atoms with E-state index in [1.54, 1.807) is 12.3 Å². The van der Waals surface area contributed by atoms with E-state index >= 15 is 0 Å². The van der Waals surface area contributed by atoms with E-state index in [0.717, 1.165) is 4.47 Å². The minimum absolute atomic E-state index is 0.0580. The number of carbonyl (C=O) groups is 1. The lowest BCUT2D eigenvalue weighted by molar-refractivity contribution is -0.119. The first-order chi connectivity index (χ1) is 6.68. The van der Waals surface area contributed by atoms with Crippen LogP contribution in [-0.2, 0) is 4.79 Å². The van der Waals surface area contributed by atoms with Crippen molar-refractivity contribution in [1.29, 1.82) is 0 Å². The van der Waals surface area contributed by atoms with Gasteiger partial charge in [0.1, 0.15) is 6.61 Å². The van der Waals surface area contributed by atoms with Gasteiger partial charge in [-0.2, -0.15) is 0 Å². The van der Waals surface area contributed by atoms with E-state index in [9.17, 15) is 4.79 Å². The fourth-order valence-corrected chi connectivity index (χ4v) is 1.06. The van der Waals surface area contributed by atoms with Gasteiger partial charge in [0.25, 0.3) is 0 Å². The molecule has 76 valence electrons. The summed E-state index contributed by atoms with van der Waals surface area (Å²) in [6.07, 6.45) is 1.66. The Hall–Kier alpha value is -1.10. The largest absolute Gasteiger partial charge is 0.476 e. The Balaban J connectivity index is 2.25. The van der Waals surface area contributed by atoms with Crippen molar-refractivity contribution >= 4 is 21.8 Å². The van der Waals surface area contributed by atoms with Gasteiger partial charge in [0.05, 0.1) is 6.54 Å². The molecule has 0 aromatic carbocycles. The van der Waals surface area contributed by atoms with Gasteiger partial charge in [-0.15, -0.1) is 0 Å². The lowest BCUT2D eigenvalue weighted by atomic mass is 10.5. The number of nitrogens with zero attached hydrogens (tertiary/aromatic N) is 1. The summed E-state index contributed by atoms with van der Waals surface area (Å²) < 4.78 is 6.17. The first-order valence-electron chi connectivity index (χ1n) is 4.17. The lowest BCUT2D eigenvalue weighted by Crippen LogP contribution is -2.25. The topological polar surface area (TPSA) is 51.2 Å². The number of ether oxygens (including phenoxy) is 1. The first-order valence-corrected chi connectivity index (χ1v) is 4.96. The highest BCUT2D eigenvalue weighted by atomic mass is 79.9. The standard InChI is InChI=1S/C9H11BrN2O2/c1-7(13)11-4-5-14-9-3-2-8(10)6-12-9/h2-3,6H,4-5H2,1H3,(H,11,13). The number of hydrogen-bond donors (Lipinski definition) is 1. The Morgan fingerprint density at radius 1 is 1.64 bits per heavy atom. The summed E-state index contributed by atoms with van der Waals surface area (Å²) in [6, 6.07) is 3.61. The SMILES string of the molecule is CC(=O)NCCOc1ccc(Br)cn1. The number of halogens is 1. The second-order valence-corrected chi connectivity index (χ2v) is 3.56. The molecule has 0 saturated heterocycles. The molecule has 0 fully saturated rings. The van der Waals surface area contributed by atoms with Gasteiger partial charge in [0.15, 0.2) is 0 Å². The first kappa shape index (κ1) is 11.0. The van der Waals surface area contributed by atoms with Crippen molar-refractivity contribution in [1.82, 2.24) is 10.3 Å². The molecule has 4 nitrogen and oxygen atoms in total. The Labute approximate surface area is 90.8 Å². The molecule has 1 aromatic rings. The van der Waals surface area contributed by atoms with Crippen molar-refractivity contribution in [2.24, 2.45) is 0 Å². The van der Waals surface area contributed by atoms with Crippen LogP contribution in [0, 0.1) is 0 Å². The Kier molecular flexibility index (Phi) is 4.39. The number of hydrogen-bond acceptors (Lipinski definition) is 3. The van der Waals surface area contributed by atoms with Crippen molar-refractivity contribution in [2.45, 2.75) is 6.92 Å². The molecule has 0 aliphatic carbocycles. The van der Waals surface area contributed by atoms with Gasteiger partial charge >= 0.3 is 0 Å². The van der Waals surface area contributed by atoms with E-state index in [-0.39, 0.29) is 5.91 Å². The smallest absolute Gasteiger partial charge is 0.216 e. The maximum absolute atomic E-state index is 10.5. The van der Waals surface area contributed by atoms with E-state index in [1.807, 2.05) is 6.07 Å². The second kappa shape index (κ2) is 5.59. The zero-order valence-corrected chi connectivity index (χ0v) is 9.37. The fraction of sp³-hybridized carbons (Fsp3) is 0.333. The number of aromatic nitrogens is 1. The molecule has 1 N–H and O–H groups in total. The number of carbonyl (C=O) groups excluding carboxylic acids is 1. The van der Waals surface area contributed by atoms with Crippen LogP contribution in [0.5, 0.6) is 5.88 Å². The Morgan fingerprint density at radius 2 is 2.43 bits per heavy atom. The summed E-state index contributed by atoms with van der Waals surface area (Å²) >= 11 is 3.27. The number of rotatable bonds is 4. The zero-order chi connectivity index (χ0) is 10.4. The van der Waals surface area contributed by atoms with Crippen molar-refractivity contribution in [3.05, 3.63) is 22.8 Å². The van der Waals surface area contributed by atoms with Gasteiger partial charge < -0.3 is 10.1 Å². The van der Waals surface area contributed by atoms with Crippen LogP contribution in [-0.4, -0.2) is 24.0 Å². The third-order valence-electron chi connectivity index (χ3n) is 1.43. The van der Waals surface area contributed by atoms with Crippen LogP contribution in [0.3, 0.4) is 0 Å². The van der Waals surface area contributed by atoms with Crippen molar-refractivity contribution in [3.8, 4) is 5.88 Å². The Morgan fingerprint density at radius 3 is 3.00 bits per heavy atom. The van der Waals surface area contributed by atoms with Crippen LogP contribution in [0.25, 0.3) is 0 Å². The molecule has 0 saturated carbocycles. The molecule has 0 aliphatic heterocycles. The normalized spacial score (nSPS) is 9.57. The van der Waals surface area contributed by atoms with Crippen molar-refractivity contribution in [2.75, 3.05) is 13.2 Å². The molecule has 5 heteroatoms. The predicted molar refractivity (Wildman–Crippen MR) is 56.1 cm³/mol. The number of nitrogens with one attached hydrogen (secondary N) is 1. The molecule has 0 unspecified atom stereocenters. The van der Waals surface area contributed by atoms with Crippen molar-refractivity contribution < 1.29 is 9.53 Å². The summed E-state index contributed by atoms with van der Waals surface area (Å²) in [5.74, 6) is 0.496. The molecule has 0 bridgehead atoms. The highest BCUT2D eigenvalue weighted by Gasteiger charge is 1.95. The van der Waals surface area contributed by atoms with Gasteiger partial charge in [-0.3, -0.25) is 4.79 Å². The van der Waals surface area contributed by atoms with E-state index in [1.165, 1.54) is 6.92 Å². The van der Waals surface area contributed by atoms with Crippen LogP contribution < -0.4 is 10.1 Å². The molecule has 1 rings (SSSR count). The molecule has 0 atom stereocenters. The minimum atomic E-state index is -0.0580. The average Bonchev–Trinajstić information content (AvgIpc) is 2.15. The zero-order valence-electron chi connectivity index (χ0n) is 7.79. The van der Waals surface area contributed by atoms with Crippen molar-refractivity contribution in [3.63, 3.8) is 0 Å². The average molecular weight is 259 g/mol. The maximum atomic E-state index is 10.5. The highest BCUT2D eigenvalue weighted by molar-refractivity contribution is 9.10. The fourth-order valence-electron chi connectivity index (χ4n) is 0.830. The Bertz CT molecular complexity index is 300. The molecule has 1 amide bonds. The van der Waals surface area contributed by atoms with Crippen LogP contribution in [0.2, 0.25) is 0 Å². The van der Waals surface area contributed by atoms with Gasteiger partial charge in [-0.1, -0.05) is 0 Å². The molecular weight excluding hydrogens is 248 g/mol. The van der Waals surface area contributed by atoms with Crippen LogP contribution in [0.4, 0.5) is 0 Å². The summed E-state index contributed by atoms with van der Waals surface area (Å²) in [5.41, 5.74) is 0. The van der Waals surface area contributed by atoms with E-state index in [2.05, 4.69) is 26.2 Å². The maximum Gasteiger partial charge on any atom is 0.216 e. The number of amides is 1. The quantitative estimate of drug-likeness (QED) is 0.830. The summed E-state index contributed by atoms with van der Waals surface area (Å²) in [4.78, 5) is 14.5. The second-order valence-electron chi connectivity index (χ2n) is 2.65. The van der Waals surface area contributed by atoms with Gasteiger partial charge in [-0.25, -0.2) is 4.98 Å². The van der Waals surface area contributed by atoms with E-state index < -0.39 is 0 Å². The number of pyridine rings is 1. The minimum Gasteiger partial charge on any atom is -0.476 e. The van der Waals surface area contributed by atoms with Gasteiger partial charge in [0.2, 0.25) is 11.8 Å². The molecule has 14 heavy (non-hydrogen) atoms. The third-order valence-corrected chi connectivity index (χ3v) is 1.90. The third kappa shape index (κ3) is 4.23. The lowest BCUT2D eigenvalue weighted by Gasteiger charge is -2.04. The van der Waals surface area contributed by atoms with E-state index in [4.69, 9.17) is 4.74 Å². The highest BCUT2D eigenvalue weighted by Crippen LogP contribution is 2.11. The van der Waals surface area contributed by atoms with Gasteiger partial charge in [-0.05, 0) is 22.0 Å². The summed E-state index contributed by atoms with van der Waals surface area (Å²) in [5, 5.41) is 2.63. The van der Waals surface area contributed by atoms with E-state index in [0.29, 0.717) is 19.0 Å². The van der Waals surface area contributed by atoms with Crippen LogP contribution >= 0.6 is 15.9 Å². The van der Waals surface area contributed by atoms with Crippen LogP contribution in [0.1, 0.15) is 6.92 Å². The molecule has 0 spiro atoms.